The van der Waals surface area contributed by atoms with Crippen LogP contribution in [0.3, 0.4) is 0 Å². The number of hydrogen-bond acceptors (Lipinski definition) is 13. The highest BCUT2D eigenvalue weighted by Gasteiger charge is 2.55. The van der Waals surface area contributed by atoms with Crippen LogP contribution in [0.4, 0.5) is 92.1 Å². The zero-order chi connectivity index (χ0) is 46.2. The first-order chi connectivity index (χ1) is 28.7. The van der Waals surface area contributed by atoms with Crippen molar-refractivity contribution in [3.63, 3.8) is 0 Å². The first kappa shape index (κ1) is 48.0. The van der Waals surface area contributed by atoms with Gasteiger partial charge in [-0.1, -0.05) is 11.6 Å². The number of anilines is 6. The largest absolute Gasteiger partial charge is 0.458 e. The number of nitrogens with one attached hydrogen (secondary N) is 3. The van der Waals surface area contributed by atoms with E-state index in [4.69, 9.17) is 11.6 Å². The van der Waals surface area contributed by atoms with Crippen molar-refractivity contribution in [2.24, 2.45) is 0 Å². The molecule has 28 heteroatoms. The van der Waals surface area contributed by atoms with E-state index in [1.165, 1.54) is 0 Å². The van der Waals surface area contributed by atoms with Crippen LogP contribution in [0.1, 0.15) is 11.1 Å². The summed E-state index contributed by atoms with van der Waals surface area (Å²) in [6.45, 7) is 2.58. The van der Waals surface area contributed by atoms with Gasteiger partial charge in [0.1, 0.15) is 10.8 Å². The molecule has 0 radical (unpaired) electrons. The van der Waals surface area contributed by atoms with Crippen LogP contribution < -0.4 is 20.9 Å². The lowest BCUT2D eigenvalue weighted by Crippen LogP contribution is -2.50. The number of benzene rings is 1. The van der Waals surface area contributed by atoms with E-state index in [9.17, 15) is 76.7 Å². The van der Waals surface area contributed by atoms with E-state index >= 15 is 0 Å². The molecule has 0 unspecified atom stereocenters. The standard InChI is InChI=1S/C26H25ClN10O.2C4F6O2/c27-21-15-31-25-33-20-11-17(13-29-14-20)1-2-18-12-19(32-24(21)35-25)3-4-22(18)34-26(38)37-9-7-36(8-10-37)23-16-28-5-6-30-23;2*5-3(6,7)1(11)2(12)4(8,9)10/h3-6,11-16H,1-2,7-10H2,(H,34,38)(H2,31,32,33,35);;. The number of piperazine rings is 1. The Balaban J connectivity index is 0.000000290. The van der Waals surface area contributed by atoms with Gasteiger partial charge in [0.05, 0.1) is 24.3 Å². The number of amides is 2. The summed E-state index contributed by atoms with van der Waals surface area (Å²) in [5.74, 6) is -11.9. The number of aromatic nitrogens is 5. The number of halogens is 13. The third-order valence-electron chi connectivity index (χ3n) is 7.97. The predicted molar refractivity (Wildman–Crippen MR) is 191 cm³/mol. The van der Waals surface area contributed by atoms with Gasteiger partial charge in [-0.05, 0) is 48.2 Å². The third kappa shape index (κ3) is 13.4. The molecule has 2 amide bonds. The highest BCUT2D eigenvalue weighted by atomic mass is 35.5. The quantitative estimate of drug-likeness (QED) is 0.144. The normalized spacial score (nSPS) is 14.0. The van der Waals surface area contributed by atoms with Crippen molar-refractivity contribution >= 4 is 75.4 Å². The maximum absolute atomic E-state index is 13.2. The number of carbonyl (C=O) groups is 5. The van der Waals surface area contributed by atoms with Crippen LogP contribution >= 0.6 is 11.6 Å². The maximum atomic E-state index is 13.2. The Kier molecular flexibility index (Phi) is 15.0. The summed E-state index contributed by atoms with van der Waals surface area (Å²) in [5.41, 5.74) is 4.41. The molecule has 0 saturated carbocycles. The molecule has 0 spiro atoms. The Bertz CT molecular complexity index is 2190. The molecule has 1 fully saturated rings. The number of carbonyl (C=O) groups excluding carboxylic acids is 5. The van der Waals surface area contributed by atoms with Crippen molar-refractivity contribution in [1.82, 2.24) is 29.8 Å². The van der Waals surface area contributed by atoms with Crippen molar-refractivity contribution in [3.8, 4) is 0 Å². The first-order valence-electron chi connectivity index (χ1n) is 16.9. The fraction of sp³-hybridized carbons (Fsp3) is 0.294. The Morgan fingerprint density at radius 2 is 1.21 bits per heavy atom. The van der Waals surface area contributed by atoms with Gasteiger partial charge < -0.3 is 25.8 Å². The summed E-state index contributed by atoms with van der Waals surface area (Å²) >= 11 is 6.37. The molecule has 0 atom stereocenters. The van der Waals surface area contributed by atoms with Crippen LogP contribution in [0.15, 0.2) is 61.4 Å². The molecule has 6 rings (SSSR count). The van der Waals surface area contributed by atoms with E-state index in [-0.39, 0.29) is 6.03 Å². The Hall–Kier alpha value is -6.67. The van der Waals surface area contributed by atoms with Gasteiger partial charge in [0, 0.05) is 56.1 Å². The number of nitrogens with zero attached hydrogens (tertiary/aromatic N) is 7. The molecule has 2 aliphatic rings. The average molecular weight is 917 g/mol. The minimum Gasteiger partial charge on any atom is -0.352 e. The topological polar surface area (TPSA) is 192 Å². The molecule has 6 bridgehead atoms. The number of rotatable bonds is 4. The Morgan fingerprint density at radius 3 is 1.74 bits per heavy atom. The lowest BCUT2D eigenvalue weighted by Gasteiger charge is -2.35. The minimum atomic E-state index is -5.77. The molecule has 1 aromatic carbocycles. The fourth-order valence-corrected chi connectivity index (χ4v) is 5.19. The van der Waals surface area contributed by atoms with Gasteiger partial charge >= 0.3 is 53.9 Å². The molecule has 0 aliphatic carbocycles. The van der Waals surface area contributed by atoms with Crippen LogP contribution in [0.25, 0.3) is 0 Å². The summed E-state index contributed by atoms with van der Waals surface area (Å²) in [4.78, 5) is 77.3. The molecule has 332 valence electrons. The first-order valence-corrected chi connectivity index (χ1v) is 17.3. The summed E-state index contributed by atoms with van der Waals surface area (Å²) in [7, 11) is 0. The SMILES string of the molecule is O=C(C(=O)C(F)(F)F)C(F)(F)F.O=C(C(=O)C(F)(F)F)C(F)(F)F.O=C(Nc1ccc2cc1CCc1cncc(c1)Nc1ncc(Cl)c(n1)N2)N1CCN(c2cnccn2)CC1. The number of fused-ring (bicyclic) bond motifs is 6. The molecule has 4 aromatic rings. The van der Waals surface area contributed by atoms with Crippen LogP contribution in [0, 0.1) is 0 Å². The Morgan fingerprint density at radius 1 is 0.629 bits per heavy atom. The van der Waals surface area contributed by atoms with Crippen molar-refractivity contribution in [2.75, 3.05) is 47.0 Å². The van der Waals surface area contributed by atoms with Crippen LogP contribution in [-0.4, -0.2) is 110 Å². The second-order valence-electron chi connectivity index (χ2n) is 12.4. The maximum Gasteiger partial charge on any atom is 0.458 e. The lowest BCUT2D eigenvalue weighted by atomic mass is 10.0. The van der Waals surface area contributed by atoms with Crippen molar-refractivity contribution in [2.45, 2.75) is 37.5 Å². The second-order valence-corrected chi connectivity index (χ2v) is 12.8. The number of urea groups is 1. The molecule has 1 saturated heterocycles. The lowest BCUT2D eigenvalue weighted by molar-refractivity contribution is -0.193. The number of hydrogen-bond donors (Lipinski definition) is 3. The number of aryl methyl sites for hydroxylation is 2. The third-order valence-corrected chi connectivity index (χ3v) is 8.25. The van der Waals surface area contributed by atoms with Crippen LogP contribution in [-0.2, 0) is 32.0 Å². The Labute approximate surface area is 343 Å². The summed E-state index contributed by atoms with van der Waals surface area (Å²) < 4.78 is 134. The van der Waals surface area contributed by atoms with Gasteiger partial charge in [-0.25, -0.2) is 14.8 Å². The second kappa shape index (κ2) is 19.4. The van der Waals surface area contributed by atoms with E-state index in [2.05, 4.69) is 45.8 Å². The molecular weight excluding hydrogens is 892 g/mol. The van der Waals surface area contributed by atoms with E-state index < -0.39 is 47.8 Å². The number of alkyl halides is 12. The van der Waals surface area contributed by atoms with Crippen molar-refractivity contribution in [3.05, 3.63) is 77.6 Å². The molecule has 5 heterocycles. The van der Waals surface area contributed by atoms with Gasteiger partial charge in [0.25, 0.3) is 0 Å². The van der Waals surface area contributed by atoms with E-state index in [0.717, 1.165) is 40.4 Å². The predicted octanol–water partition coefficient (Wildman–Crippen LogP) is 6.75. The zero-order valence-electron chi connectivity index (χ0n) is 30.6. The average Bonchev–Trinajstić information content (AvgIpc) is 3.20. The highest BCUT2D eigenvalue weighted by molar-refractivity contribution is 6.41. The molecule has 2 aliphatic heterocycles. The smallest absolute Gasteiger partial charge is 0.352 e. The van der Waals surface area contributed by atoms with Gasteiger partial charge in [-0.3, -0.25) is 29.1 Å². The summed E-state index contributed by atoms with van der Waals surface area (Å²) in [6, 6.07) is 7.73. The monoisotopic (exact) mass is 916 g/mol. The zero-order valence-corrected chi connectivity index (χ0v) is 31.4. The fourth-order valence-electron chi connectivity index (χ4n) is 5.06. The number of pyridine rings is 1. The minimum absolute atomic E-state index is 0.125. The number of ketones is 4. The van der Waals surface area contributed by atoms with Crippen LogP contribution in [0.5, 0.6) is 0 Å². The molecule has 3 aromatic heterocycles. The molecule has 15 nitrogen and oxygen atoms in total. The van der Waals surface area contributed by atoms with E-state index in [1.54, 1.807) is 31.0 Å². The van der Waals surface area contributed by atoms with Gasteiger partial charge in [0.15, 0.2) is 5.82 Å². The number of Topliss-reactive ketones (excluding diaryl/α,β-unsaturated/α-hetero) is 4. The highest BCUT2D eigenvalue weighted by Crippen LogP contribution is 2.30. The van der Waals surface area contributed by atoms with Crippen molar-refractivity contribution in [1.29, 1.82) is 0 Å². The van der Waals surface area contributed by atoms with Gasteiger partial charge in [-0.15, -0.1) is 0 Å². The van der Waals surface area contributed by atoms with Crippen molar-refractivity contribution < 1.29 is 76.7 Å². The van der Waals surface area contributed by atoms with E-state index in [1.807, 2.05) is 35.4 Å². The van der Waals surface area contributed by atoms with Gasteiger partial charge in [0.2, 0.25) is 5.95 Å². The van der Waals surface area contributed by atoms with Gasteiger partial charge in [-0.2, -0.15) is 57.7 Å². The summed E-state index contributed by atoms with van der Waals surface area (Å²) in [6.07, 6.45) is -11.4. The molecular formula is C34H25ClF12N10O5. The van der Waals surface area contributed by atoms with Crippen LogP contribution in [0.2, 0.25) is 5.02 Å². The molecule has 3 N–H and O–H groups in total. The summed E-state index contributed by atoms with van der Waals surface area (Å²) in [5, 5.41) is 10.00. The van der Waals surface area contributed by atoms with E-state index in [0.29, 0.717) is 49.4 Å². The molecule has 62 heavy (non-hydrogen) atoms.